The molecule has 0 aromatic heterocycles. The van der Waals surface area contributed by atoms with E-state index in [1.807, 2.05) is 54.6 Å². The van der Waals surface area contributed by atoms with Crippen LogP contribution in [0, 0.1) is 5.92 Å². The molecule has 5 rings (SSSR count). The lowest BCUT2D eigenvalue weighted by Crippen LogP contribution is -2.51. The van der Waals surface area contributed by atoms with Gasteiger partial charge in [0.05, 0.1) is 0 Å². The van der Waals surface area contributed by atoms with Crippen LogP contribution in [0.1, 0.15) is 59.6 Å². The van der Waals surface area contributed by atoms with Gasteiger partial charge in [-0.2, -0.15) is 0 Å². The highest BCUT2D eigenvalue weighted by Gasteiger charge is 2.38. The Hall–Kier alpha value is -2.66. The molecule has 2 fully saturated rings. The Kier molecular flexibility index (Phi) is 5.77. The van der Waals surface area contributed by atoms with Crippen LogP contribution in [0.3, 0.4) is 0 Å². The molecule has 0 radical (unpaired) electrons. The minimum absolute atomic E-state index is 0.0595. The summed E-state index contributed by atoms with van der Waals surface area (Å²) in [5.41, 5.74) is 2.57. The number of piperidine rings is 2. The predicted octanol–water partition coefficient (Wildman–Crippen LogP) is 3.76. The first kappa shape index (κ1) is 20.3. The average Bonchev–Trinajstić information content (AvgIpc) is 3.15. The zero-order valence-corrected chi connectivity index (χ0v) is 18.0. The number of benzene rings is 2. The normalized spacial score (nSPS) is 24.4. The van der Waals surface area contributed by atoms with Crippen molar-refractivity contribution >= 4 is 11.8 Å². The number of fused-ring (bicyclic) bond motifs is 2. The van der Waals surface area contributed by atoms with Crippen molar-refractivity contribution in [1.29, 1.82) is 0 Å². The molecule has 162 valence electrons. The van der Waals surface area contributed by atoms with Gasteiger partial charge in [-0.1, -0.05) is 55.0 Å². The molecule has 3 unspecified atom stereocenters. The highest BCUT2D eigenvalue weighted by Crippen LogP contribution is 2.33. The van der Waals surface area contributed by atoms with Gasteiger partial charge in [0.15, 0.2) is 0 Å². The number of nitrogens with one attached hydrogen (secondary N) is 1. The van der Waals surface area contributed by atoms with Crippen LogP contribution in [-0.2, 0) is 11.3 Å². The smallest absolute Gasteiger partial charge is 0.255 e. The molecule has 5 nitrogen and oxygen atoms in total. The molecule has 2 aromatic carbocycles. The molecular weight excluding hydrogens is 386 g/mol. The third kappa shape index (κ3) is 3.99. The van der Waals surface area contributed by atoms with Crippen LogP contribution >= 0.6 is 0 Å². The third-order valence-electron chi connectivity index (χ3n) is 7.29. The number of hydrogen-bond donors (Lipinski definition) is 1. The summed E-state index contributed by atoms with van der Waals surface area (Å²) in [6.45, 7) is 3.56. The lowest BCUT2D eigenvalue weighted by atomic mass is 9.83. The molecule has 1 N–H and O–H groups in total. The number of nitrogens with zero attached hydrogens (tertiary/aromatic N) is 2. The Labute approximate surface area is 184 Å². The maximum atomic E-state index is 13.5. The van der Waals surface area contributed by atoms with E-state index in [1.165, 1.54) is 45.2 Å². The van der Waals surface area contributed by atoms with Crippen molar-refractivity contribution in [1.82, 2.24) is 15.1 Å². The van der Waals surface area contributed by atoms with Crippen molar-refractivity contribution in [2.45, 2.75) is 50.7 Å². The van der Waals surface area contributed by atoms with E-state index in [4.69, 9.17) is 0 Å². The summed E-state index contributed by atoms with van der Waals surface area (Å²) in [5.74, 6) is 0.372. The lowest BCUT2D eigenvalue weighted by molar-refractivity contribution is -0.126. The summed E-state index contributed by atoms with van der Waals surface area (Å²) < 4.78 is 0. The second kappa shape index (κ2) is 8.83. The Morgan fingerprint density at radius 3 is 2.58 bits per heavy atom. The van der Waals surface area contributed by atoms with Crippen LogP contribution in [0.15, 0.2) is 54.6 Å². The number of amides is 2. The second-order valence-corrected chi connectivity index (χ2v) is 9.15. The van der Waals surface area contributed by atoms with Crippen molar-refractivity contribution in [2.24, 2.45) is 5.92 Å². The van der Waals surface area contributed by atoms with Crippen molar-refractivity contribution in [2.75, 3.05) is 19.6 Å². The van der Waals surface area contributed by atoms with Gasteiger partial charge in [-0.15, -0.1) is 0 Å². The van der Waals surface area contributed by atoms with E-state index in [-0.39, 0.29) is 11.8 Å². The summed E-state index contributed by atoms with van der Waals surface area (Å²) >= 11 is 0. The highest BCUT2D eigenvalue weighted by atomic mass is 16.2. The van der Waals surface area contributed by atoms with Gasteiger partial charge in [-0.3, -0.25) is 9.59 Å². The Morgan fingerprint density at radius 1 is 0.968 bits per heavy atom. The summed E-state index contributed by atoms with van der Waals surface area (Å²) in [6, 6.07) is 17.4. The average molecular weight is 418 g/mol. The number of carbonyl (C=O) groups excluding carboxylic acids is 2. The molecule has 0 saturated carbocycles. The molecule has 2 amide bonds. The van der Waals surface area contributed by atoms with E-state index < -0.39 is 6.04 Å². The van der Waals surface area contributed by atoms with Gasteiger partial charge >= 0.3 is 0 Å². The van der Waals surface area contributed by atoms with E-state index in [2.05, 4.69) is 10.2 Å². The van der Waals surface area contributed by atoms with Crippen LogP contribution in [0.4, 0.5) is 0 Å². The molecule has 3 atom stereocenters. The summed E-state index contributed by atoms with van der Waals surface area (Å²) in [4.78, 5) is 31.0. The Morgan fingerprint density at radius 2 is 1.74 bits per heavy atom. The van der Waals surface area contributed by atoms with E-state index in [0.717, 1.165) is 11.1 Å². The third-order valence-corrected chi connectivity index (χ3v) is 7.29. The van der Waals surface area contributed by atoms with Crippen LogP contribution < -0.4 is 5.32 Å². The van der Waals surface area contributed by atoms with Gasteiger partial charge in [0.2, 0.25) is 5.91 Å². The molecule has 0 aliphatic carbocycles. The van der Waals surface area contributed by atoms with Crippen LogP contribution in [0.5, 0.6) is 0 Å². The SMILES string of the molecule is O=C(NCC1CCCN2CCCCC12)C(c1ccccc1)N1Cc2ccccc2C1=O. The fourth-order valence-corrected chi connectivity index (χ4v) is 5.74. The maximum absolute atomic E-state index is 13.5. The molecule has 31 heavy (non-hydrogen) atoms. The number of rotatable bonds is 5. The van der Waals surface area contributed by atoms with Gasteiger partial charge in [0.25, 0.3) is 5.91 Å². The van der Waals surface area contributed by atoms with Crippen molar-refractivity contribution in [3.05, 3.63) is 71.3 Å². The monoisotopic (exact) mass is 417 g/mol. The van der Waals surface area contributed by atoms with Crippen molar-refractivity contribution in [3.8, 4) is 0 Å². The Bertz CT molecular complexity index is 943. The summed E-state index contributed by atoms with van der Waals surface area (Å²) in [5, 5.41) is 3.25. The van der Waals surface area contributed by atoms with E-state index >= 15 is 0 Å². The van der Waals surface area contributed by atoms with Crippen molar-refractivity contribution < 1.29 is 9.59 Å². The molecule has 2 aromatic rings. The maximum Gasteiger partial charge on any atom is 0.255 e. The Balaban J connectivity index is 1.34. The lowest BCUT2D eigenvalue weighted by Gasteiger charge is -2.44. The standard InChI is InChI=1S/C26H31N3O2/c30-25(27-17-20-12-8-16-28-15-7-6-14-23(20)28)24(19-9-2-1-3-10-19)29-18-21-11-4-5-13-22(21)26(29)31/h1-5,9-11,13,20,23-24H,6-8,12,14-18H2,(H,27,30). The molecule has 2 saturated heterocycles. The molecule has 3 aliphatic rings. The van der Waals surface area contributed by atoms with Gasteiger partial charge in [0, 0.05) is 24.7 Å². The zero-order chi connectivity index (χ0) is 21.2. The molecule has 5 heteroatoms. The molecule has 0 spiro atoms. The fraction of sp³-hybridized carbons (Fsp3) is 0.462. The topological polar surface area (TPSA) is 52.7 Å². The van der Waals surface area contributed by atoms with Gasteiger partial charge < -0.3 is 15.1 Å². The minimum Gasteiger partial charge on any atom is -0.354 e. The van der Waals surface area contributed by atoms with Crippen LogP contribution in [-0.4, -0.2) is 47.3 Å². The van der Waals surface area contributed by atoms with E-state index in [1.54, 1.807) is 4.90 Å². The quantitative estimate of drug-likeness (QED) is 0.806. The first-order chi connectivity index (χ1) is 15.2. The minimum atomic E-state index is -0.604. The molecule has 3 heterocycles. The summed E-state index contributed by atoms with van der Waals surface area (Å²) in [7, 11) is 0. The van der Waals surface area contributed by atoms with Crippen LogP contribution in [0.2, 0.25) is 0 Å². The van der Waals surface area contributed by atoms with Crippen molar-refractivity contribution in [3.63, 3.8) is 0 Å². The molecule has 0 bridgehead atoms. The summed E-state index contributed by atoms with van der Waals surface area (Å²) in [6.07, 6.45) is 6.20. The van der Waals surface area contributed by atoms with Gasteiger partial charge in [-0.25, -0.2) is 0 Å². The van der Waals surface area contributed by atoms with E-state index in [9.17, 15) is 9.59 Å². The first-order valence-electron chi connectivity index (χ1n) is 11.7. The van der Waals surface area contributed by atoms with E-state index in [0.29, 0.717) is 30.6 Å². The zero-order valence-electron chi connectivity index (χ0n) is 18.0. The first-order valence-corrected chi connectivity index (χ1v) is 11.7. The second-order valence-electron chi connectivity index (χ2n) is 9.15. The number of hydrogen-bond acceptors (Lipinski definition) is 3. The largest absolute Gasteiger partial charge is 0.354 e. The van der Waals surface area contributed by atoms with Gasteiger partial charge in [0.1, 0.15) is 6.04 Å². The molecule has 3 aliphatic heterocycles. The fourth-order valence-electron chi connectivity index (χ4n) is 5.74. The number of carbonyl (C=O) groups is 2. The van der Waals surface area contributed by atoms with Gasteiger partial charge in [-0.05, 0) is 61.9 Å². The molecular formula is C26H31N3O2. The van der Waals surface area contributed by atoms with Crippen LogP contribution in [0.25, 0.3) is 0 Å². The predicted molar refractivity (Wildman–Crippen MR) is 120 cm³/mol. The highest BCUT2D eigenvalue weighted by molar-refractivity contribution is 6.01.